The van der Waals surface area contributed by atoms with E-state index in [2.05, 4.69) is 10.4 Å². The minimum absolute atomic E-state index is 0.0513. The molecule has 1 heterocycles. The van der Waals surface area contributed by atoms with Crippen molar-refractivity contribution in [3.63, 3.8) is 0 Å². The molecule has 0 atom stereocenters. The molecule has 1 N–H and O–H groups in total. The normalized spacial score (nSPS) is 14.2. The van der Waals surface area contributed by atoms with Gasteiger partial charge in [0, 0.05) is 18.9 Å². The Bertz CT molecular complexity index is 882. The second-order valence-electron chi connectivity index (χ2n) is 5.70. The standard InChI is InChI=1S/C18H14F3N3O2/c19-12-3-1-11(2-4-12)10-24-17(25)8-7-16(23-24)18(26)22-15-6-5-13(20)9-14(15)21/h1-6,9H,7-8,10H2,(H,22,26). The zero-order chi connectivity index (χ0) is 18.7. The first-order chi connectivity index (χ1) is 12.4. The van der Waals surface area contributed by atoms with Gasteiger partial charge < -0.3 is 5.32 Å². The zero-order valence-electron chi connectivity index (χ0n) is 13.5. The Morgan fingerprint density at radius 1 is 1.04 bits per heavy atom. The molecule has 0 bridgehead atoms. The summed E-state index contributed by atoms with van der Waals surface area (Å²) >= 11 is 0. The van der Waals surface area contributed by atoms with Crippen LogP contribution >= 0.6 is 0 Å². The predicted octanol–water partition coefficient (Wildman–Crippen LogP) is 3.22. The Hall–Kier alpha value is -3.16. The molecule has 5 nitrogen and oxygen atoms in total. The Morgan fingerprint density at radius 2 is 1.73 bits per heavy atom. The summed E-state index contributed by atoms with van der Waals surface area (Å²) in [7, 11) is 0. The summed E-state index contributed by atoms with van der Waals surface area (Å²) < 4.78 is 39.5. The summed E-state index contributed by atoms with van der Waals surface area (Å²) in [6.07, 6.45) is 0.173. The van der Waals surface area contributed by atoms with Crippen molar-refractivity contribution in [3.05, 3.63) is 65.5 Å². The lowest BCUT2D eigenvalue weighted by Gasteiger charge is -2.23. The van der Waals surface area contributed by atoms with Crippen LogP contribution in [-0.4, -0.2) is 22.5 Å². The number of amides is 2. The van der Waals surface area contributed by atoms with Crippen molar-refractivity contribution in [1.82, 2.24) is 5.01 Å². The lowest BCUT2D eigenvalue weighted by Crippen LogP contribution is -2.36. The molecule has 0 aliphatic carbocycles. The number of hydrogen-bond acceptors (Lipinski definition) is 3. The average molecular weight is 361 g/mol. The van der Waals surface area contributed by atoms with E-state index in [9.17, 15) is 22.8 Å². The molecule has 2 aromatic rings. The summed E-state index contributed by atoms with van der Waals surface area (Å²) in [4.78, 5) is 24.3. The first-order valence-corrected chi connectivity index (χ1v) is 7.81. The molecular formula is C18H14F3N3O2. The topological polar surface area (TPSA) is 61.8 Å². The van der Waals surface area contributed by atoms with Gasteiger partial charge in [0.15, 0.2) is 0 Å². The maximum atomic E-state index is 13.6. The van der Waals surface area contributed by atoms with E-state index < -0.39 is 23.4 Å². The fraction of sp³-hybridized carbons (Fsp3) is 0.167. The molecule has 0 radical (unpaired) electrons. The van der Waals surface area contributed by atoms with Crippen LogP contribution in [0.2, 0.25) is 0 Å². The van der Waals surface area contributed by atoms with Crippen LogP contribution in [0.25, 0.3) is 0 Å². The molecule has 0 spiro atoms. The minimum Gasteiger partial charge on any atom is -0.318 e. The maximum Gasteiger partial charge on any atom is 0.271 e. The number of carbonyl (C=O) groups excluding carboxylic acids is 2. The molecule has 0 aromatic heterocycles. The molecule has 134 valence electrons. The van der Waals surface area contributed by atoms with E-state index in [1.54, 1.807) is 0 Å². The van der Waals surface area contributed by atoms with Gasteiger partial charge >= 0.3 is 0 Å². The van der Waals surface area contributed by atoms with Crippen molar-refractivity contribution in [2.75, 3.05) is 5.32 Å². The third-order valence-corrected chi connectivity index (χ3v) is 3.79. The van der Waals surface area contributed by atoms with Crippen molar-refractivity contribution >= 4 is 23.2 Å². The molecule has 2 amide bonds. The third kappa shape index (κ3) is 4.08. The van der Waals surface area contributed by atoms with Crippen LogP contribution in [0.3, 0.4) is 0 Å². The molecule has 0 unspecified atom stereocenters. The monoisotopic (exact) mass is 361 g/mol. The van der Waals surface area contributed by atoms with Crippen molar-refractivity contribution in [2.45, 2.75) is 19.4 Å². The van der Waals surface area contributed by atoms with Gasteiger partial charge in [0.2, 0.25) is 5.91 Å². The number of carbonyl (C=O) groups is 2. The second-order valence-corrected chi connectivity index (χ2v) is 5.70. The molecular weight excluding hydrogens is 347 g/mol. The number of nitrogens with one attached hydrogen (secondary N) is 1. The van der Waals surface area contributed by atoms with Gasteiger partial charge in [-0.1, -0.05) is 12.1 Å². The highest BCUT2D eigenvalue weighted by Crippen LogP contribution is 2.18. The summed E-state index contributed by atoms with van der Waals surface area (Å²) in [5.41, 5.74) is 0.520. The van der Waals surface area contributed by atoms with Crippen molar-refractivity contribution in [3.8, 4) is 0 Å². The van der Waals surface area contributed by atoms with Crippen LogP contribution in [0.4, 0.5) is 18.9 Å². The number of benzene rings is 2. The largest absolute Gasteiger partial charge is 0.318 e. The van der Waals surface area contributed by atoms with E-state index in [4.69, 9.17) is 0 Å². The first-order valence-electron chi connectivity index (χ1n) is 7.81. The van der Waals surface area contributed by atoms with Gasteiger partial charge in [-0.25, -0.2) is 18.2 Å². The summed E-state index contributed by atoms with van der Waals surface area (Å²) in [5.74, 6) is -3.02. The number of halogens is 3. The minimum atomic E-state index is -0.908. The van der Waals surface area contributed by atoms with E-state index in [1.165, 1.54) is 24.3 Å². The van der Waals surface area contributed by atoms with Gasteiger partial charge in [-0.15, -0.1) is 0 Å². The van der Waals surface area contributed by atoms with Crippen LogP contribution in [0.1, 0.15) is 18.4 Å². The lowest BCUT2D eigenvalue weighted by molar-refractivity contribution is -0.132. The Balaban J connectivity index is 1.74. The highest BCUT2D eigenvalue weighted by molar-refractivity contribution is 6.43. The number of hydrazone groups is 1. The van der Waals surface area contributed by atoms with E-state index in [1.807, 2.05) is 0 Å². The van der Waals surface area contributed by atoms with E-state index in [-0.39, 0.29) is 36.7 Å². The smallest absolute Gasteiger partial charge is 0.271 e. The molecule has 8 heteroatoms. The highest BCUT2D eigenvalue weighted by Gasteiger charge is 2.25. The van der Waals surface area contributed by atoms with Gasteiger partial charge in [-0.3, -0.25) is 9.59 Å². The van der Waals surface area contributed by atoms with Crippen LogP contribution in [0.5, 0.6) is 0 Å². The quantitative estimate of drug-likeness (QED) is 0.909. The molecule has 0 saturated heterocycles. The summed E-state index contributed by atoms with van der Waals surface area (Å²) in [5, 5.41) is 7.45. The van der Waals surface area contributed by atoms with Crippen LogP contribution in [0.15, 0.2) is 47.6 Å². The Labute approximate surface area is 147 Å². The second kappa shape index (κ2) is 7.38. The average Bonchev–Trinajstić information content (AvgIpc) is 2.61. The maximum absolute atomic E-state index is 13.6. The molecule has 26 heavy (non-hydrogen) atoms. The summed E-state index contributed by atoms with van der Waals surface area (Å²) in [6.45, 7) is 0.0841. The van der Waals surface area contributed by atoms with E-state index in [0.717, 1.165) is 17.1 Å². The fourth-order valence-corrected chi connectivity index (χ4v) is 2.44. The fourth-order valence-electron chi connectivity index (χ4n) is 2.44. The van der Waals surface area contributed by atoms with Crippen LogP contribution in [-0.2, 0) is 16.1 Å². The number of anilines is 1. The highest BCUT2D eigenvalue weighted by atomic mass is 19.1. The zero-order valence-corrected chi connectivity index (χ0v) is 13.5. The van der Waals surface area contributed by atoms with Gasteiger partial charge in [0.1, 0.15) is 23.2 Å². The van der Waals surface area contributed by atoms with Gasteiger partial charge in [-0.05, 0) is 29.8 Å². The van der Waals surface area contributed by atoms with Crippen molar-refractivity contribution < 1.29 is 22.8 Å². The molecule has 1 aliphatic rings. The van der Waals surface area contributed by atoms with Gasteiger partial charge in [-0.2, -0.15) is 5.10 Å². The third-order valence-electron chi connectivity index (χ3n) is 3.79. The van der Waals surface area contributed by atoms with E-state index >= 15 is 0 Å². The number of hydrogen-bond donors (Lipinski definition) is 1. The first kappa shape index (κ1) is 17.7. The van der Waals surface area contributed by atoms with Crippen LogP contribution < -0.4 is 5.32 Å². The van der Waals surface area contributed by atoms with E-state index in [0.29, 0.717) is 11.6 Å². The van der Waals surface area contributed by atoms with Crippen LogP contribution in [0, 0.1) is 17.5 Å². The molecule has 1 aliphatic heterocycles. The summed E-state index contributed by atoms with van der Waals surface area (Å²) in [6, 6.07) is 8.33. The van der Waals surface area contributed by atoms with Crippen molar-refractivity contribution in [2.24, 2.45) is 5.10 Å². The molecule has 0 saturated carbocycles. The van der Waals surface area contributed by atoms with Crippen molar-refractivity contribution in [1.29, 1.82) is 0 Å². The number of rotatable bonds is 4. The number of nitrogens with zero attached hydrogens (tertiary/aromatic N) is 2. The lowest BCUT2D eigenvalue weighted by atomic mass is 10.1. The molecule has 0 fully saturated rings. The Morgan fingerprint density at radius 3 is 2.42 bits per heavy atom. The molecule has 2 aromatic carbocycles. The predicted molar refractivity (Wildman–Crippen MR) is 88.6 cm³/mol. The van der Waals surface area contributed by atoms with Gasteiger partial charge in [0.25, 0.3) is 5.91 Å². The molecule has 3 rings (SSSR count). The Kier molecular flexibility index (Phi) is 5.01. The SMILES string of the molecule is O=C(Nc1ccc(F)cc1F)C1=NN(Cc2ccc(F)cc2)C(=O)CC1. The van der Waals surface area contributed by atoms with Gasteiger partial charge in [0.05, 0.1) is 12.2 Å².